The molecule has 0 amide bonds. The first-order chi connectivity index (χ1) is 6.97. The van der Waals surface area contributed by atoms with Gasteiger partial charge in [0, 0.05) is 0 Å². The van der Waals surface area contributed by atoms with E-state index in [0.717, 1.165) is 0 Å². The van der Waals surface area contributed by atoms with Gasteiger partial charge in [0.05, 0.1) is 0 Å². The van der Waals surface area contributed by atoms with Crippen LogP contribution in [0, 0.1) is 0 Å². The third-order valence-corrected chi connectivity index (χ3v) is 3.15. The van der Waals surface area contributed by atoms with E-state index in [-0.39, 0.29) is 0 Å². The molecule has 0 N–H and O–H groups in total. The van der Waals surface area contributed by atoms with Crippen molar-refractivity contribution in [3.63, 3.8) is 0 Å². The molecule has 0 spiro atoms. The summed E-state index contributed by atoms with van der Waals surface area (Å²) in [7, 11) is 0. The van der Waals surface area contributed by atoms with Crippen molar-refractivity contribution >= 4 is 0 Å². The maximum absolute atomic E-state index is 2.47. The van der Waals surface area contributed by atoms with Crippen LogP contribution in [0.25, 0.3) is 0 Å². The van der Waals surface area contributed by atoms with E-state index >= 15 is 0 Å². The molecule has 0 unspecified atom stereocenters. The van der Waals surface area contributed by atoms with Crippen molar-refractivity contribution in [3.8, 4) is 0 Å². The molecule has 0 aliphatic heterocycles. The van der Waals surface area contributed by atoms with Gasteiger partial charge in [0.15, 0.2) is 0 Å². The second kappa shape index (κ2) is 5.19. The third-order valence-electron chi connectivity index (χ3n) is 3.15. The lowest BCUT2D eigenvalue weighted by molar-refractivity contribution is 0.712. The Morgan fingerprint density at radius 3 is 2.71 bits per heavy atom. The van der Waals surface area contributed by atoms with Crippen molar-refractivity contribution < 1.29 is 0 Å². The van der Waals surface area contributed by atoms with E-state index in [2.05, 4.69) is 24.3 Å². The molecule has 2 aliphatic rings. The van der Waals surface area contributed by atoms with Gasteiger partial charge in [0.2, 0.25) is 0 Å². The van der Waals surface area contributed by atoms with E-state index in [9.17, 15) is 0 Å². The Morgan fingerprint density at radius 2 is 1.71 bits per heavy atom. The van der Waals surface area contributed by atoms with Gasteiger partial charge in [-0.25, -0.2) is 0 Å². The highest BCUT2D eigenvalue weighted by Gasteiger charge is 2.06. The van der Waals surface area contributed by atoms with Crippen molar-refractivity contribution in [2.45, 2.75) is 51.4 Å². The average molecular weight is 188 g/mol. The van der Waals surface area contributed by atoms with Gasteiger partial charge in [-0.1, -0.05) is 30.7 Å². The van der Waals surface area contributed by atoms with E-state index < -0.39 is 0 Å². The van der Waals surface area contributed by atoms with Gasteiger partial charge in [-0.05, 0) is 56.1 Å². The number of allylic oxidation sites excluding steroid dienone is 6. The second-order valence-electron chi connectivity index (χ2n) is 4.32. The van der Waals surface area contributed by atoms with Crippen LogP contribution in [0.15, 0.2) is 35.5 Å². The van der Waals surface area contributed by atoms with Crippen LogP contribution in [-0.2, 0) is 0 Å². The molecule has 0 bridgehead atoms. The Labute approximate surface area is 87.4 Å². The monoisotopic (exact) mass is 188 g/mol. The predicted octanol–water partition coefficient (Wildman–Crippen LogP) is 4.54. The molecule has 0 fully saturated rings. The minimum atomic E-state index is 1.26. The molecule has 0 nitrogen and oxygen atoms in total. The molecule has 0 radical (unpaired) electrons. The highest BCUT2D eigenvalue weighted by Crippen LogP contribution is 2.26. The second-order valence-corrected chi connectivity index (χ2v) is 4.32. The summed E-state index contributed by atoms with van der Waals surface area (Å²) in [5.74, 6) is 0. The largest absolute Gasteiger partial charge is 0.0839 e. The van der Waals surface area contributed by atoms with Crippen LogP contribution < -0.4 is 0 Å². The normalized spacial score (nSPS) is 23.4. The highest BCUT2D eigenvalue weighted by molar-refractivity contribution is 5.40. The fraction of sp³-hybridized carbons (Fsp3) is 0.571. The van der Waals surface area contributed by atoms with Crippen LogP contribution >= 0.6 is 0 Å². The van der Waals surface area contributed by atoms with Crippen LogP contribution in [0.5, 0.6) is 0 Å². The Bertz CT molecular complexity index is 266. The smallest absolute Gasteiger partial charge is 0.0271 e. The SMILES string of the molecule is C1=CC(C2=CCCCCC2)=CCCC1. The lowest BCUT2D eigenvalue weighted by Gasteiger charge is -2.05. The van der Waals surface area contributed by atoms with Gasteiger partial charge in [0.1, 0.15) is 0 Å². The summed E-state index contributed by atoms with van der Waals surface area (Å²) < 4.78 is 0. The quantitative estimate of drug-likeness (QED) is 0.566. The fourth-order valence-electron chi connectivity index (χ4n) is 2.29. The van der Waals surface area contributed by atoms with Gasteiger partial charge < -0.3 is 0 Å². The van der Waals surface area contributed by atoms with Gasteiger partial charge >= 0.3 is 0 Å². The molecule has 2 rings (SSSR count). The number of hydrogen-bond acceptors (Lipinski definition) is 0. The Morgan fingerprint density at radius 1 is 0.786 bits per heavy atom. The maximum atomic E-state index is 2.47. The Balaban J connectivity index is 2.10. The molecule has 0 saturated carbocycles. The van der Waals surface area contributed by atoms with Gasteiger partial charge in [0.25, 0.3) is 0 Å². The third kappa shape index (κ3) is 2.60. The highest BCUT2D eigenvalue weighted by atomic mass is 14.1. The molecular weight excluding hydrogens is 168 g/mol. The molecule has 0 atom stereocenters. The summed E-state index contributed by atoms with van der Waals surface area (Å²) in [6.07, 6.45) is 20.2. The summed E-state index contributed by atoms with van der Waals surface area (Å²) in [5.41, 5.74) is 3.13. The topological polar surface area (TPSA) is 0 Å². The van der Waals surface area contributed by atoms with E-state index in [1.165, 1.54) is 56.9 Å². The first-order valence-corrected chi connectivity index (χ1v) is 6.03. The van der Waals surface area contributed by atoms with E-state index in [1.807, 2.05) is 0 Å². The van der Waals surface area contributed by atoms with E-state index in [0.29, 0.717) is 0 Å². The minimum absolute atomic E-state index is 1.26. The van der Waals surface area contributed by atoms with Crippen molar-refractivity contribution in [1.82, 2.24) is 0 Å². The van der Waals surface area contributed by atoms with Gasteiger partial charge in [-0.15, -0.1) is 0 Å². The Hall–Kier alpha value is -0.780. The van der Waals surface area contributed by atoms with Crippen LogP contribution in [0.2, 0.25) is 0 Å². The zero-order valence-electron chi connectivity index (χ0n) is 8.97. The summed E-state index contributed by atoms with van der Waals surface area (Å²) in [4.78, 5) is 0. The summed E-state index contributed by atoms with van der Waals surface area (Å²) in [6.45, 7) is 0. The molecule has 2 aliphatic carbocycles. The minimum Gasteiger partial charge on any atom is -0.0839 e. The zero-order chi connectivity index (χ0) is 9.64. The fourth-order valence-corrected chi connectivity index (χ4v) is 2.29. The zero-order valence-corrected chi connectivity index (χ0v) is 8.97. The van der Waals surface area contributed by atoms with E-state index in [1.54, 1.807) is 5.57 Å². The summed E-state index contributed by atoms with van der Waals surface area (Å²) in [5, 5.41) is 0. The van der Waals surface area contributed by atoms with Gasteiger partial charge in [-0.3, -0.25) is 0 Å². The number of rotatable bonds is 1. The predicted molar refractivity (Wildman–Crippen MR) is 62.2 cm³/mol. The van der Waals surface area contributed by atoms with Crippen LogP contribution in [0.3, 0.4) is 0 Å². The standard InChI is InChI=1S/C14H20/c1-2-6-10-13(9-5-1)14-11-7-3-4-8-12-14/h5,9-11H,1-4,6-8,12H2. The molecule has 0 heteroatoms. The maximum Gasteiger partial charge on any atom is -0.0271 e. The van der Waals surface area contributed by atoms with Crippen molar-refractivity contribution in [2.24, 2.45) is 0 Å². The van der Waals surface area contributed by atoms with Crippen molar-refractivity contribution in [1.29, 1.82) is 0 Å². The molecule has 0 aromatic rings. The van der Waals surface area contributed by atoms with Crippen LogP contribution in [0.4, 0.5) is 0 Å². The summed E-state index contributed by atoms with van der Waals surface area (Å²) in [6, 6.07) is 0. The van der Waals surface area contributed by atoms with Crippen LogP contribution in [-0.4, -0.2) is 0 Å². The first-order valence-electron chi connectivity index (χ1n) is 6.03. The number of hydrogen-bond donors (Lipinski definition) is 0. The first kappa shape index (κ1) is 9.76. The lowest BCUT2D eigenvalue weighted by Crippen LogP contribution is -1.86. The molecule has 14 heavy (non-hydrogen) atoms. The summed E-state index contributed by atoms with van der Waals surface area (Å²) >= 11 is 0. The van der Waals surface area contributed by atoms with Gasteiger partial charge in [-0.2, -0.15) is 0 Å². The van der Waals surface area contributed by atoms with Crippen LogP contribution in [0.1, 0.15) is 51.4 Å². The molecule has 0 saturated heterocycles. The van der Waals surface area contributed by atoms with Crippen molar-refractivity contribution in [2.75, 3.05) is 0 Å². The molecule has 76 valence electrons. The van der Waals surface area contributed by atoms with Crippen molar-refractivity contribution in [3.05, 3.63) is 35.5 Å². The molecule has 0 aromatic heterocycles. The molecular formula is C14H20. The Kier molecular flexibility index (Phi) is 3.62. The average Bonchev–Trinajstić information content (AvgIpc) is 2.62. The van der Waals surface area contributed by atoms with E-state index in [4.69, 9.17) is 0 Å². The molecule has 0 heterocycles. The molecule has 0 aromatic carbocycles. The lowest BCUT2D eigenvalue weighted by atomic mass is 10.0.